The molecule has 0 aliphatic rings. The van der Waals surface area contributed by atoms with Crippen molar-refractivity contribution in [2.45, 2.75) is 13.3 Å². The molecular formula is C10H10N2O3S. The van der Waals surface area contributed by atoms with E-state index in [0.29, 0.717) is 17.4 Å². The lowest BCUT2D eigenvalue weighted by Crippen LogP contribution is -2.16. The van der Waals surface area contributed by atoms with Crippen molar-refractivity contribution < 1.29 is 4.42 Å². The predicted octanol–water partition coefficient (Wildman–Crippen LogP) is 1.11. The van der Waals surface area contributed by atoms with Crippen LogP contribution in [0.4, 0.5) is 0 Å². The minimum atomic E-state index is -0.472. The molecule has 0 atom stereocenters. The molecule has 0 amide bonds. The molecule has 0 fully saturated rings. The number of aromatic amines is 1. The Hall–Kier alpha value is -1.69. The van der Waals surface area contributed by atoms with E-state index < -0.39 is 5.63 Å². The predicted molar refractivity (Wildman–Crippen MR) is 62.3 cm³/mol. The Kier molecular flexibility index (Phi) is 2.51. The number of rotatable bonds is 1. The molecule has 0 saturated heterocycles. The smallest absolute Gasteiger partial charge is 0.337 e. The third-order valence-corrected chi connectivity index (χ3v) is 2.84. The van der Waals surface area contributed by atoms with Crippen molar-refractivity contribution in [1.29, 1.82) is 0 Å². The minimum absolute atomic E-state index is 0.220. The van der Waals surface area contributed by atoms with Gasteiger partial charge >= 0.3 is 5.63 Å². The topological polar surface area (TPSA) is 68.0 Å². The SMILES string of the molecule is CCc1cc(=O)oc2c1c(=O)[nH]c(=S)n2C. The number of hydrogen-bond donors (Lipinski definition) is 1. The molecule has 0 unspecified atom stereocenters. The van der Waals surface area contributed by atoms with E-state index in [1.807, 2.05) is 6.92 Å². The molecule has 2 aromatic rings. The maximum atomic E-state index is 11.7. The highest BCUT2D eigenvalue weighted by molar-refractivity contribution is 7.71. The third-order valence-electron chi connectivity index (χ3n) is 2.46. The first-order chi connectivity index (χ1) is 7.54. The van der Waals surface area contributed by atoms with Gasteiger partial charge in [-0.3, -0.25) is 14.3 Å². The first-order valence-corrected chi connectivity index (χ1v) is 5.21. The second kappa shape index (κ2) is 3.71. The van der Waals surface area contributed by atoms with E-state index in [4.69, 9.17) is 16.6 Å². The Bertz CT molecular complexity index is 723. The summed E-state index contributed by atoms with van der Waals surface area (Å²) in [6.07, 6.45) is 0.585. The van der Waals surface area contributed by atoms with Gasteiger partial charge in [0.25, 0.3) is 5.56 Å². The Morgan fingerprint density at radius 1 is 1.50 bits per heavy atom. The Morgan fingerprint density at radius 2 is 2.19 bits per heavy atom. The fraction of sp³-hybridized carbons (Fsp3) is 0.300. The fourth-order valence-electron chi connectivity index (χ4n) is 1.62. The molecule has 0 radical (unpaired) electrons. The van der Waals surface area contributed by atoms with Crippen LogP contribution in [0.5, 0.6) is 0 Å². The van der Waals surface area contributed by atoms with Crippen LogP contribution in [0.3, 0.4) is 0 Å². The van der Waals surface area contributed by atoms with Crippen LogP contribution < -0.4 is 11.2 Å². The normalized spacial score (nSPS) is 10.9. The van der Waals surface area contributed by atoms with Crippen LogP contribution in [0.15, 0.2) is 20.1 Å². The Morgan fingerprint density at radius 3 is 2.81 bits per heavy atom. The van der Waals surface area contributed by atoms with Gasteiger partial charge in [0.2, 0.25) is 5.71 Å². The molecule has 2 aromatic heterocycles. The van der Waals surface area contributed by atoms with Crippen LogP contribution in [0, 0.1) is 4.77 Å². The molecule has 6 heteroatoms. The zero-order valence-electron chi connectivity index (χ0n) is 8.86. The van der Waals surface area contributed by atoms with Crippen molar-refractivity contribution >= 4 is 23.3 Å². The molecule has 0 spiro atoms. The van der Waals surface area contributed by atoms with Crippen molar-refractivity contribution in [3.63, 3.8) is 0 Å². The van der Waals surface area contributed by atoms with Crippen LogP contribution in [-0.2, 0) is 13.5 Å². The first kappa shape index (κ1) is 10.8. The monoisotopic (exact) mass is 238 g/mol. The highest BCUT2D eigenvalue weighted by Gasteiger charge is 2.10. The van der Waals surface area contributed by atoms with E-state index in [-0.39, 0.29) is 16.0 Å². The average Bonchev–Trinajstić information content (AvgIpc) is 2.24. The summed E-state index contributed by atoms with van der Waals surface area (Å²) in [6, 6.07) is 1.33. The van der Waals surface area contributed by atoms with Crippen LogP contribution in [0.25, 0.3) is 11.1 Å². The molecule has 0 bridgehead atoms. The standard InChI is InChI=1S/C10H10N2O3S/c1-3-5-4-6(13)15-9-7(5)8(14)11-10(16)12(9)2/h4H,3H2,1-2H3,(H,11,14,16). The fourth-order valence-corrected chi connectivity index (χ4v) is 1.80. The molecule has 84 valence electrons. The van der Waals surface area contributed by atoms with Gasteiger partial charge in [-0.2, -0.15) is 0 Å². The Balaban J connectivity index is 3.17. The van der Waals surface area contributed by atoms with Crippen LogP contribution in [0.1, 0.15) is 12.5 Å². The van der Waals surface area contributed by atoms with Crippen LogP contribution in [0.2, 0.25) is 0 Å². The summed E-state index contributed by atoms with van der Waals surface area (Å²) in [7, 11) is 1.64. The van der Waals surface area contributed by atoms with Crippen LogP contribution >= 0.6 is 12.2 Å². The van der Waals surface area contributed by atoms with Crippen molar-refractivity contribution in [3.8, 4) is 0 Å². The number of nitrogens with one attached hydrogen (secondary N) is 1. The number of nitrogens with zero attached hydrogens (tertiary/aromatic N) is 1. The van der Waals surface area contributed by atoms with Crippen molar-refractivity contribution in [1.82, 2.24) is 9.55 Å². The van der Waals surface area contributed by atoms with Gasteiger partial charge in [-0.15, -0.1) is 0 Å². The zero-order chi connectivity index (χ0) is 11.9. The van der Waals surface area contributed by atoms with Gasteiger partial charge in [-0.1, -0.05) is 6.92 Å². The van der Waals surface area contributed by atoms with Gasteiger partial charge in [0, 0.05) is 13.1 Å². The van der Waals surface area contributed by atoms with E-state index >= 15 is 0 Å². The summed E-state index contributed by atoms with van der Waals surface area (Å²) < 4.78 is 6.73. The quantitative estimate of drug-likeness (QED) is 0.756. The third kappa shape index (κ3) is 1.51. The lowest BCUT2D eigenvalue weighted by molar-refractivity contribution is 0.526. The molecule has 1 N–H and O–H groups in total. The van der Waals surface area contributed by atoms with E-state index in [1.165, 1.54) is 10.6 Å². The molecular weight excluding hydrogens is 228 g/mol. The van der Waals surface area contributed by atoms with Gasteiger partial charge in [0.05, 0.1) is 0 Å². The first-order valence-electron chi connectivity index (χ1n) is 4.80. The molecule has 16 heavy (non-hydrogen) atoms. The summed E-state index contributed by atoms with van der Waals surface area (Å²) >= 11 is 4.94. The molecule has 2 rings (SSSR count). The largest absolute Gasteiger partial charge is 0.405 e. The number of fused-ring (bicyclic) bond motifs is 1. The summed E-state index contributed by atoms with van der Waals surface area (Å²) in [6.45, 7) is 1.87. The van der Waals surface area contributed by atoms with Gasteiger partial charge in [0.15, 0.2) is 4.77 Å². The van der Waals surface area contributed by atoms with E-state index in [2.05, 4.69) is 4.98 Å². The van der Waals surface area contributed by atoms with E-state index in [0.717, 1.165) is 0 Å². The van der Waals surface area contributed by atoms with Crippen LogP contribution in [-0.4, -0.2) is 9.55 Å². The van der Waals surface area contributed by atoms with E-state index in [1.54, 1.807) is 7.05 Å². The molecule has 5 nitrogen and oxygen atoms in total. The average molecular weight is 238 g/mol. The van der Waals surface area contributed by atoms with Crippen molar-refractivity contribution in [3.05, 3.63) is 37.2 Å². The molecule has 0 aromatic carbocycles. The van der Waals surface area contributed by atoms with Gasteiger partial charge in [-0.25, -0.2) is 4.79 Å². The Labute approximate surface area is 95.3 Å². The second-order valence-electron chi connectivity index (χ2n) is 3.44. The summed E-state index contributed by atoms with van der Waals surface area (Å²) in [5.74, 6) is 0. The van der Waals surface area contributed by atoms with E-state index in [9.17, 15) is 9.59 Å². The highest BCUT2D eigenvalue weighted by atomic mass is 32.1. The maximum Gasteiger partial charge on any atom is 0.337 e. The van der Waals surface area contributed by atoms with Gasteiger partial charge in [-0.05, 0) is 24.2 Å². The highest BCUT2D eigenvalue weighted by Crippen LogP contribution is 2.12. The number of aromatic nitrogens is 2. The number of aryl methyl sites for hydroxylation is 2. The summed E-state index contributed by atoms with van der Waals surface area (Å²) in [5, 5.41) is 0.387. The minimum Gasteiger partial charge on any atom is -0.405 e. The summed E-state index contributed by atoms with van der Waals surface area (Å²) in [5.41, 5.74) is 0.0925. The number of hydrogen-bond acceptors (Lipinski definition) is 4. The number of H-pyrrole nitrogens is 1. The molecule has 0 saturated carbocycles. The molecule has 2 heterocycles. The lowest BCUT2D eigenvalue weighted by Gasteiger charge is -2.05. The summed E-state index contributed by atoms with van der Waals surface area (Å²) in [4.78, 5) is 25.6. The second-order valence-corrected chi connectivity index (χ2v) is 3.83. The zero-order valence-corrected chi connectivity index (χ0v) is 9.68. The van der Waals surface area contributed by atoms with Gasteiger partial charge in [0.1, 0.15) is 5.39 Å². The van der Waals surface area contributed by atoms with Crippen molar-refractivity contribution in [2.75, 3.05) is 0 Å². The molecule has 0 aliphatic heterocycles. The molecule has 0 aliphatic carbocycles. The maximum absolute atomic E-state index is 11.7. The lowest BCUT2D eigenvalue weighted by atomic mass is 10.1. The van der Waals surface area contributed by atoms with Gasteiger partial charge < -0.3 is 4.42 Å². The van der Waals surface area contributed by atoms with Crippen molar-refractivity contribution in [2.24, 2.45) is 7.05 Å².